The molecular weight excluding hydrogens is 240 g/mol. The van der Waals surface area contributed by atoms with Gasteiger partial charge in [0.05, 0.1) is 6.04 Å². The predicted octanol–water partition coefficient (Wildman–Crippen LogP) is 1.43. The number of rotatable bonds is 2. The Labute approximate surface area is 114 Å². The third kappa shape index (κ3) is 2.66. The molecule has 5 nitrogen and oxygen atoms in total. The van der Waals surface area contributed by atoms with Crippen molar-refractivity contribution in [2.45, 2.75) is 44.7 Å². The van der Waals surface area contributed by atoms with Gasteiger partial charge >= 0.3 is 0 Å². The van der Waals surface area contributed by atoms with Crippen molar-refractivity contribution in [2.24, 2.45) is 0 Å². The van der Waals surface area contributed by atoms with E-state index in [4.69, 9.17) is 0 Å². The molecule has 1 aromatic rings. The van der Waals surface area contributed by atoms with E-state index in [1.54, 1.807) is 0 Å². The molecular formula is C14H22N4O. The number of hydrogen-bond donors (Lipinski definition) is 1. The van der Waals surface area contributed by atoms with Gasteiger partial charge in [-0.3, -0.25) is 9.48 Å². The first-order chi connectivity index (χ1) is 9.24. The van der Waals surface area contributed by atoms with Crippen molar-refractivity contribution in [3.05, 3.63) is 18.0 Å². The van der Waals surface area contributed by atoms with Gasteiger partial charge in [-0.25, -0.2) is 0 Å². The summed E-state index contributed by atoms with van der Waals surface area (Å²) < 4.78 is 1.99. The normalized spacial score (nSPS) is 24.9. The lowest BCUT2D eigenvalue weighted by Crippen LogP contribution is -2.51. The van der Waals surface area contributed by atoms with E-state index in [0.717, 1.165) is 19.6 Å². The van der Waals surface area contributed by atoms with Crippen LogP contribution in [0.4, 0.5) is 0 Å². The average Bonchev–Trinajstić information content (AvgIpc) is 3.08. The minimum atomic E-state index is 0.0742. The Bertz CT molecular complexity index is 450. The Kier molecular flexibility index (Phi) is 3.55. The average molecular weight is 262 g/mol. The van der Waals surface area contributed by atoms with Gasteiger partial charge < -0.3 is 10.2 Å². The van der Waals surface area contributed by atoms with Crippen molar-refractivity contribution in [1.29, 1.82) is 0 Å². The zero-order valence-electron chi connectivity index (χ0n) is 11.5. The molecule has 0 spiro atoms. The third-order valence-electron chi connectivity index (χ3n) is 4.18. The molecule has 0 unspecified atom stereocenters. The Morgan fingerprint density at radius 1 is 1.42 bits per heavy atom. The molecule has 1 amide bonds. The maximum Gasteiger partial charge on any atom is 0.274 e. The van der Waals surface area contributed by atoms with Crippen molar-refractivity contribution in [1.82, 2.24) is 20.0 Å². The molecule has 19 heavy (non-hydrogen) atoms. The molecule has 1 saturated carbocycles. The Balaban J connectivity index is 1.69. The first-order valence-electron chi connectivity index (χ1n) is 7.32. The number of carbonyl (C=O) groups excluding carboxylic acids is 1. The van der Waals surface area contributed by atoms with Gasteiger partial charge in [0.25, 0.3) is 5.91 Å². The number of aromatic nitrogens is 2. The zero-order chi connectivity index (χ0) is 13.2. The number of amides is 1. The fourth-order valence-electron chi connectivity index (χ4n) is 3.10. The van der Waals surface area contributed by atoms with Crippen LogP contribution in [0, 0.1) is 0 Å². The molecule has 5 heteroatoms. The van der Waals surface area contributed by atoms with Crippen LogP contribution in [0.5, 0.6) is 0 Å². The lowest BCUT2D eigenvalue weighted by Gasteiger charge is -2.31. The molecule has 1 N–H and O–H groups in total. The first kappa shape index (κ1) is 12.7. The molecule has 2 fully saturated rings. The minimum absolute atomic E-state index is 0.0742. The molecule has 2 aliphatic rings. The van der Waals surface area contributed by atoms with E-state index in [1.807, 2.05) is 21.8 Å². The van der Waals surface area contributed by atoms with E-state index < -0.39 is 0 Å². The predicted molar refractivity (Wildman–Crippen MR) is 73.1 cm³/mol. The van der Waals surface area contributed by atoms with Crippen molar-refractivity contribution in [3.63, 3.8) is 0 Å². The fraction of sp³-hybridized carbons (Fsp3) is 0.714. The van der Waals surface area contributed by atoms with Crippen molar-refractivity contribution >= 4 is 5.91 Å². The topological polar surface area (TPSA) is 50.2 Å². The highest BCUT2D eigenvalue weighted by Gasteiger charge is 2.24. The van der Waals surface area contributed by atoms with E-state index in [1.165, 1.54) is 25.7 Å². The highest BCUT2D eigenvalue weighted by atomic mass is 16.2. The summed E-state index contributed by atoms with van der Waals surface area (Å²) >= 11 is 0. The van der Waals surface area contributed by atoms with Crippen LogP contribution in [0.1, 0.15) is 49.1 Å². The van der Waals surface area contributed by atoms with E-state index in [0.29, 0.717) is 17.8 Å². The summed E-state index contributed by atoms with van der Waals surface area (Å²) in [5.41, 5.74) is 0.598. The molecule has 1 saturated heterocycles. The number of carbonyl (C=O) groups is 1. The van der Waals surface area contributed by atoms with E-state index >= 15 is 0 Å². The minimum Gasteiger partial charge on any atom is -0.334 e. The maximum atomic E-state index is 12.4. The molecule has 0 radical (unpaired) electrons. The number of nitrogens with one attached hydrogen (secondary N) is 1. The van der Waals surface area contributed by atoms with Crippen LogP contribution in [0.3, 0.4) is 0 Å². The highest BCUT2D eigenvalue weighted by Crippen LogP contribution is 2.28. The van der Waals surface area contributed by atoms with Gasteiger partial charge in [0.15, 0.2) is 0 Å². The van der Waals surface area contributed by atoms with E-state index in [9.17, 15) is 4.79 Å². The number of hydrogen-bond acceptors (Lipinski definition) is 3. The van der Waals surface area contributed by atoms with Gasteiger partial charge in [-0.1, -0.05) is 12.8 Å². The van der Waals surface area contributed by atoms with Crippen LogP contribution in [-0.2, 0) is 0 Å². The molecule has 1 aromatic heterocycles. The van der Waals surface area contributed by atoms with Gasteiger partial charge in [0.2, 0.25) is 0 Å². The van der Waals surface area contributed by atoms with Crippen molar-refractivity contribution in [2.75, 3.05) is 19.6 Å². The van der Waals surface area contributed by atoms with Crippen LogP contribution in [-0.4, -0.2) is 46.3 Å². The fourth-order valence-corrected chi connectivity index (χ4v) is 3.10. The first-order valence-corrected chi connectivity index (χ1v) is 7.32. The Hall–Kier alpha value is -1.36. The molecule has 3 rings (SSSR count). The number of piperazine rings is 1. The molecule has 0 bridgehead atoms. The van der Waals surface area contributed by atoms with Crippen LogP contribution in [0.25, 0.3) is 0 Å². The Morgan fingerprint density at radius 2 is 2.21 bits per heavy atom. The molecule has 2 heterocycles. The second-order valence-electron chi connectivity index (χ2n) is 5.73. The molecule has 1 atom stereocenters. The molecule has 1 aliphatic heterocycles. The second-order valence-corrected chi connectivity index (χ2v) is 5.73. The molecule has 0 aromatic carbocycles. The smallest absolute Gasteiger partial charge is 0.274 e. The van der Waals surface area contributed by atoms with Crippen molar-refractivity contribution in [3.8, 4) is 0 Å². The number of nitrogens with zero attached hydrogens (tertiary/aromatic N) is 3. The van der Waals surface area contributed by atoms with Gasteiger partial charge in [0.1, 0.15) is 5.69 Å². The van der Waals surface area contributed by atoms with Crippen LogP contribution >= 0.6 is 0 Å². The molecule has 104 valence electrons. The highest BCUT2D eigenvalue weighted by molar-refractivity contribution is 5.92. The van der Waals surface area contributed by atoms with Crippen LogP contribution in [0.15, 0.2) is 12.3 Å². The maximum absolute atomic E-state index is 12.4. The van der Waals surface area contributed by atoms with E-state index in [2.05, 4.69) is 17.3 Å². The SMILES string of the molecule is C[C@@H]1CN(C(=O)c2ccn(C3CCCC3)n2)CCN1. The lowest BCUT2D eigenvalue weighted by atomic mass is 10.2. The summed E-state index contributed by atoms with van der Waals surface area (Å²) in [5, 5.41) is 7.85. The lowest BCUT2D eigenvalue weighted by molar-refractivity contribution is 0.0702. The second kappa shape index (κ2) is 5.33. The van der Waals surface area contributed by atoms with Crippen LogP contribution in [0.2, 0.25) is 0 Å². The van der Waals surface area contributed by atoms with Crippen LogP contribution < -0.4 is 5.32 Å². The standard InChI is InChI=1S/C14H22N4O/c1-11-10-17(9-7-15-11)14(19)13-6-8-18(16-13)12-4-2-3-5-12/h6,8,11-12,15H,2-5,7,9-10H2,1H3/t11-/m1/s1. The van der Waals surface area contributed by atoms with Gasteiger partial charge in [0, 0.05) is 31.9 Å². The Morgan fingerprint density at radius 3 is 2.95 bits per heavy atom. The summed E-state index contributed by atoms with van der Waals surface area (Å²) in [5.74, 6) is 0.0742. The zero-order valence-corrected chi connectivity index (χ0v) is 11.5. The molecule has 1 aliphatic carbocycles. The third-order valence-corrected chi connectivity index (χ3v) is 4.18. The van der Waals surface area contributed by atoms with Gasteiger partial charge in [-0.2, -0.15) is 5.10 Å². The monoisotopic (exact) mass is 262 g/mol. The van der Waals surface area contributed by atoms with Gasteiger partial charge in [-0.15, -0.1) is 0 Å². The summed E-state index contributed by atoms with van der Waals surface area (Å²) in [4.78, 5) is 14.3. The summed E-state index contributed by atoms with van der Waals surface area (Å²) in [6, 6.07) is 2.74. The summed E-state index contributed by atoms with van der Waals surface area (Å²) in [7, 11) is 0. The van der Waals surface area contributed by atoms with E-state index in [-0.39, 0.29) is 5.91 Å². The summed E-state index contributed by atoms with van der Waals surface area (Å²) in [6.07, 6.45) is 6.92. The van der Waals surface area contributed by atoms with Gasteiger partial charge in [-0.05, 0) is 25.8 Å². The quantitative estimate of drug-likeness (QED) is 0.877. The van der Waals surface area contributed by atoms with Crippen molar-refractivity contribution < 1.29 is 4.79 Å². The largest absolute Gasteiger partial charge is 0.334 e. The summed E-state index contributed by atoms with van der Waals surface area (Å²) in [6.45, 7) is 4.53.